The fourth-order valence-electron chi connectivity index (χ4n) is 1.89. The maximum atomic E-state index is 12.4. The lowest BCUT2D eigenvalue weighted by atomic mass is 10.1. The van der Waals surface area contributed by atoms with Gasteiger partial charge in [-0.2, -0.15) is 0 Å². The van der Waals surface area contributed by atoms with Crippen LogP contribution in [-0.4, -0.2) is 18.1 Å². The van der Waals surface area contributed by atoms with E-state index in [0.717, 1.165) is 4.90 Å². The van der Waals surface area contributed by atoms with Crippen molar-refractivity contribution < 1.29 is 14.4 Å². The molecule has 0 unspecified atom stereocenters. The summed E-state index contributed by atoms with van der Waals surface area (Å²) < 4.78 is 0. The summed E-state index contributed by atoms with van der Waals surface area (Å²) in [7, 11) is 0. The van der Waals surface area contributed by atoms with Gasteiger partial charge in [-0.05, 0) is 24.3 Å². The molecule has 2 aromatic carbocycles. The average molecular weight is 267 g/mol. The Labute approximate surface area is 116 Å². The smallest absolute Gasteiger partial charge is 0.265 e. The van der Waals surface area contributed by atoms with Gasteiger partial charge in [-0.3, -0.25) is 14.4 Å². The van der Waals surface area contributed by atoms with Crippen LogP contribution < -0.4 is 4.90 Å². The fourth-order valence-corrected chi connectivity index (χ4v) is 1.89. The third-order valence-electron chi connectivity index (χ3n) is 2.80. The predicted molar refractivity (Wildman–Crippen MR) is 75.8 cm³/mol. The minimum absolute atomic E-state index is 0.385. The van der Waals surface area contributed by atoms with Crippen molar-refractivity contribution in [2.24, 2.45) is 0 Å². The fraction of sp³-hybridized carbons (Fsp3) is 0.0625. The van der Waals surface area contributed by atoms with Gasteiger partial charge in [0, 0.05) is 18.1 Å². The first-order chi connectivity index (χ1) is 9.63. The SMILES string of the molecule is CC(=O)N(C(=O)c1ccccc1)c1cccc(C=O)c1. The lowest BCUT2D eigenvalue weighted by Gasteiger charge is -2.19. The molecule has 2 rings (SSSR count). The lowest BCUT2D eigenvalue weighted by molar-refractivity contribution is -0.115. The molecule has 20 heavy (non-hydrogen) atoms. The van der Waals surface area contributed by atoms with Crippen LogP contribution in [0.15, 0.2) is 54.6 Å². The van der Waals surface area contributed by atoms with E-state index in [1.165, 1.54) is 13.0 Å². The Bertz CT molecular complexity index is 650. The van der Waals surface area contributed by atoms with Gasteiger partial charge in [-0.15, -0.1) is 0 Å². The van der Waals surface area contributed by atoms with E-state index < -0.39 is 11.8 Å². The number of aldehydes is 1. The first-order valence-electron chi connectivity index (χ1n) is 6.09. The quantitative estimate of drug-likeness (QED) is 0.803. The van der Waals surface area contributed by atoms with Crippen LogP contribution in [0, 0.1) is 0 Å². The molecule has 0 N–H and O–H groups in total. The molecule has 0 atom stereocenters. The number of hydrogen-bond acceptors (Lipinski definition) is 3. The number of amides is 2. The highest BCUT2D eigenvalue weighted by Crippen LogP contribution is 2.18. The van der Waals surface area contributed by atoms with Crippen LogP contribution in [0.5, 0.6) is 0 Å². The number of carbonyl (C=O) groups excluding carboxylic acids is 3. The molecule has 0 aliphatic rings. The molecule has 2 amide bonds. The maximum absolute atomic E-state index is 12.4. The van der Waals surface area contributed by atoms with Crippen LogP contribution in [0.25, 0.3) is 0 Å². The summed E-state index contributed by atoms with van der Waals surface area (Å²) in [4.78, 5) is 36.0. The topological polar surface area (TPSA) is 54.5 Å². The molecule has 2 aromatic rings. The molecule has 4 nitrogen and oxygen atoms in total. The first kappa shape index (κ1) is 13.7. The van der Waals surface area contributed by atoms with Gasteiger partial charge in [-0.1, -0.05) is 30.3 Å². The monoisotopic (exact) mass is 267 g/mol. The molecule has 0 aromatic heterocycles. The van der Waals surface area contributed by atoms with Crippen molar-refractivity contribution in [1.82, 2.24) is 0 Å². The lowest BCUT2D eigenvalue weighted by Crippen LogP contribution is -2.35. The normalized spacial score (nSPS) is 9.85. The van der Waals surface area contributed by atoms with Crippen LogP contribution in [0.3, 0.4) is 0 Å². The van der Waals surface area contributed by atoms with E-state index >= 15 is 0 Å². The minimum Gasteiger partial charge on any atom is -0.298 e. The second kappa shape index (κ2) is 5.93. The van der Waals surface area contributed by atoms with Crippen molar-refractivity contribution in [3.05, 3.63) is 65.7 Å². The number of rotatable bonds is 3. The van der Waals surface area contributed by atoms with E-state index in [1.54, 1.807) is 48.5 Å². The zero-order valence-electron chi connectivity index (χ0n) is 10.9. The summed E-state index contributed by atoms with van der Waals surface area (Å²) in [5.41, 5.74) is 1.21. The second-order valence-electron chi connectivity index (χ2n) is 4.24. The average Bonchev–Trinajstić information content (AvgIpc) is 2.48. The van der Waals surface area contributed by atoms with Crippen molar-refractivity contribution in [2.75, 3.05) is 4.90 Å². The summed E-state index contributed by atoms with van der Waals surface area (Å²) in [6.45, 7) is 1.31. The van der Waals surface area contributed by atoms with E-state index in [1.807, 2.05) is 0 Å². The highest BCUT2D eigenvalue weighted by atomic mass is 16.2. The molecule has 0 radical (unpaired) electrons. The zero-order chi connectivity index (χ0) is 14.5. The number of hydrogen-bond donors (Lipinski definition) is 0. The van der Waals surface area contributed by atoms with Gasteiger partial charge in [0.05, 0.1) is 5.69 Å². The van der Waals surface area contributed by atoms with Crippen molar-refractivity contribution in [1.29, 1.82) is 0 Å². The summed E-state index contributed by atoms with van der Waals surface area (Å²) in [5.74, 6) is -0.817. The summed E-state index contributed by atoms with van der Waals surface area (Å²) in [5, 5.41) is 0. The summed E-state index contributed by atoms with van der Waals surface area (Å²) in [6.07, 6.45) is 0.675. The van der Waals surface area contributed by atoms with Gasteiger partial charge in [0.25, 0.3) is 5.91 Å². The largest absolute Gasteiger partial charge is 0.298 e. The molecule has 100 valence electrons. The summed E-state index contributed by atoms with van der Waals surface area (Å²) >= 11 is 0. The van der Waals surface area contributed by atoms with Crippen LogP contribution >= 0.6 is 0 Å². The highest BCUT2D eigenvalue weighted by molar-refractivity contribution is 6.20. The molecule has 0 spiro atoms. The molecule has 0 saturated carbocycles. The molecule has 0 saturated heterocycles. The molecule has 0 heterocycles. The van der Waals surface area contributed by atoms with Crippen molar-refractivity contribution in [3.8, 4) is 0 Å². The standard InChI is InChI=1S/C16H13NO3/c1-12(19)17(15-9-5-6-13(10-15)11-18)16(20)14-7-3-2-4-8-14/h2-11H,1H3. The molecular formula is C16H13NO3. The van der Waals surface area contributed by atoms with E-state index in [0.29, 0.717) is 23.1 Å². The molecule has 0 aliphatic carbocycles. The molecule has 0 bridgehead atoms. The van der Waals surface area contributed by atoms with Gasteiger partial charge >= 0.3 is 0 Å². The Morgan fingerprint density at radius 1 is 1.00 bits per heavy atom. The minimum atomic E-state index is -0.416. The molecule has 4 heteroatoms. The number of anilines is 1. The van der Waals surface area contributed by atoms with Gasteiger partial charge in [0.2, 0.25) is 5.91 Å². The Morgan fingerprint density at radius 3 is 2.30 bits per heavy atom. The number of carbonyl (C=O) groups is 3. The Balaban J connectivity index is 2.44. The predicted octanol–water partition coefficient (Wildman–Crippen LogP) is 2.69. The Morgan fingerprint density at radius 2 is 1.70 bits per heavy atom. The van der Waals surface area contributed by atoms with Gasteiger partial charge in [-0.25, -0.2) is 4.90 Å². The van der Waals surface area contributed by atoms with Crippen molar-refractivity contribution in [2.45, 2.75) is 6.92 Å². The van der Waals surface area contributed by atoms with Crippen LogP contribution in [0.2, 0.25) is 0 Å². The highest BCUT2D eigenvalue weighted by Gasteiger charge is 2.21. The Hall–Kier alpha value is -2.75. The summed E-state index contributed by atoms with van der Waals surface area (Å²) in [6, 6.07) is 14.9. The van der Waals surface area contributed by atoms with Crippen LogP contribution in [0.1, 0.15) is 27.6 Å². The molecular weight excluding hydrogens is 254 g/mol. The van der Waals surface area contributed by atoms with Crippen LogP contribution in [0.4, 0.5) is 5.69 Å². The van der Waals surface area contributed by atoms with Gasteiger partial charge in [0.1, 0.15) is 6.29 Å². The third kappa shape index (κ3) is 2.80. The van der Waals surface area contributed by atoms with Gasteiger partial charge in [0.15, 0.2) is 0 Å². The van der Waals surface area contributed by atoms with Crippen LogP contribution in [-0.2, 0) is 4.79 Å². The third-order valence-corrected chi connectivity index (χ3v) is 2.80. The van der Waals surface area contributed by atoms with E-state index in [9.17, 15) is 14.4 Å². The van der Waals surface area contributed by atoms with Crippen molar-refractivity contribution >= 4 is 23.8 Å². The zero-order valence-corrected chi connectivity index (χ0v) is 10.9. The van der Waals surface area contributed by atoms with E-state index in [4.69, 9.17) is 0 Å². The van der Waals surface area contributed by atoms with E-state index in [2.05, 4.69) is 0 Å². The van der Waals surface area contributed by atoms with E-state index in [-0.39, 0.29) is 0 Å². The second-order valence-corrected chi connectivity index (χ2v) is 4.24. The molecule has 0 fully saturated rings. The number of imide groups is 1. The molecule has 0 aliphatic heterocycles. The number of nitrogens with zero attached hydrogens (tertiary/aromatic N) is 1. The van der Waals surface area contributed by atoms with Gasteiger partial charge < -0.3 is 0 Å². The maximum Gasteiger partial charge on any atom is 0.265 e. The number of benzene rings is 2. The Kier molecular flexibility index (Phi) is 4.05. The first-order valence-corrected chi connectivity index (χ1v) is 6.09. The van der Waals surface area contributed by atoms with Crippen molar-refractivity contribution in [3.63, 3.8) is 0 Å².